The molecule has 0 aliphatic carbocycles. The second-order valence-corrected chi connectivity index (χ2v) is 11.8. The van der Waals surface area contributed by atoms with Crippen LogP contribution in [0.25, 0.3) is 0 Å². The van der Waals surface area contributed by atoms with E-state index in [1.54, 1.807) is 6.92 Å². The van der Waals surface area contributed by atoms with E-state index in [4.69, 9.17) is 34.2 Å². The van der Waals surface area contributed by atoms with Gasteiger partial charge in [0.25, 0.3) is 0 Å². The summed E-state index contributed by atoms with van der Waals surface area (Å²) < 4.78 is 31.1. The van der Waals surface area contributed by atoms with Gasteiger partial charge in [-0.05, 0) is 48.3 Å². The van der Waals surface area contributed by atoms with E-state index in [2.05, 4.69) is 0 Å². The molecule has 0 radical (unpaired) electrons. The summed E-state index contributed by atoms with van der Waals surface area (Å²) in [5, 5.41) is 9.64. The van der Waals surface area contributed by atoms with Crippen LogP contribution < -0.4 is 15.2 Å². The van der Waals surface area contributed by atoms with Gasteiger partial charge in [-0.3, -0.25) is 4.79 Å². The van der Waals surface area contributed by atoms with Crippen molar-refractivity contribution in [3.05, 3.63) is 23.8 Å². The van der Waals surface area contributed by atoms with Crippen molar-refractivity contribution in [3.8, 4) is 11.5 Å². The van der Waals surface area contributed by atoms with Gasteiger partial charge in [0.2, 0.25) is 0 Å². The maximum absolute atomic E-state index is 12.5. The molecule has 1 rings (SSSR count). The third-order valence-corrected chi connectivity index (χ3v) is 5.05. The minimum atomic E-state index is -1.41. The molecule has 1 aromatic rings. The highest BCUT2D eigenvalue weighted by Crippen LogP contribution is 2.35. The number of hydrogen-bond donors (Lipinski definition) is 2. The fraction of sp³-hybridized carbons (Fsp3) is 0.643. The molecule has 0 aliphatic heterocycles. The number of carbonyl (C=O) groups is 4. The lowest BCUT2D eigenvalue weighted by Gasteiger charge is -2.25. The summed E-state index contributed by atoms with van der Waals surface area (Å²) in [4.78, 5) is 48.5. The van der Waals surface area contributed by atoms with Gasteiger partial charge in [0.05, 0.1) is 19.8 Å². The van der Waals surface area contributed by atoms with Crippen molar-refractivity contribution < 1.29 is 52.7 Å². The fourth-order valence-corrected chi connectivity index (χ4v) is 3.16. The summed E-state index contributed by atoms with van der Waals surface area (Å²) in [6, 6.07) is 2.69. The highest BCUT2D eigenvalue weighted by molar-refractivity contribution is 5.75. The molecule has 12 nitrogen and oxygen atoms in total. The smallest absolute Gasteiger partial charge is 0.480 e. The van der Waals surface area contributed by atoms with E-state index in [-0.39, 0.29) is 48.6 Å². The van der Waals surface area contributed by atoms with Crippen LogP contribution in [0.1, 0.15) is 79.7 Å². The number of rotatable bonds is 12. The van der Waals surface area contributed by atoms with Gasteiger partial charge in [-0.2, -0.15) is 0 Å². The van der Waals surface area contributed by atoms with Crippen LogP contribution in [-0.2, 0) is 23.7 Å². The first-order chi connectivity index (χ1) is 18.4. The van der Waals surface area contributed by atoms with E-state index in [0.29, 0.717) is 12.0 Å². The summed E-state index contributed by atoms with van der Waals surface area (Å²) in [6.07, 6.45) is -3.15. The number of hydrogen-bond acceptors (Lipinski definition) is 11. The van der Waals surface area contributed by atoms with Crippen molar-refractivity contribution in [2.75, 3.05) is 19.8 Å². The van der Waals surface area contributed by atoms with Crippen LogP contribution in [0.5, 0.6) is 11.5 Å². The lowest BCUT2D eigenvalue weighted by Crippen LogP contribution is -2.38. The third-order valence-electron chi connectivity index (χ3n) is 5.05. The molecule has 40 heavy (non-hydrogen) atoms. The number of carbonyl (C=O) groups excluding carboxylic acids is 3. The predicted molar refractivity (Wildman–Crippen MR) is 144 cm³/mol. The topological polar surface area (TPSA) is 170 Å². The zero-order chi connectivity index (χ0) is 30.7. The Morgan fingerprint density at radius 2 is 1.38 bits per heavy atom. The molecule has 0 spiro atoms. The standard InChI is InChI=1S/C28H43NO11/c1-9-12-35-24(32)38-17(2)13-19(22(29)23(30)31)18-10-11-20(39-25(33)36-15-27(3,4)5)21(14-18)40-26(34)37-16-28(6,7)8/h10-11,14,17,19,22H,9,12-13,15-16,29H2,1-8H3,(H,30,31)/t17?,19?,22-/m0/s1. The van der Waals surface area contributed by atoms with E-state index in [9.17, 15) is 24.3 Å². The minimum Gasteiger partial charge on any atom is -0.480 e. The Morgan fingerprint density at radius 1 is 0.850 bits per heavy atom. The van der Waals surface area contributed by atoms with Crippen LogP contribution in [0.2, 0.25) is 0 Å². The third kappa shape index (κ3) is 13.5. The van der Waals surface area contributed by atoms with Gasteiger partial charge in [0.1, 0.15) is 12.1 Å². The first kappa shape index (κ1) is 34.5. The molecule has 0 amide bonds. The highest BCUT2D eigenvalue weighted by atomic mass is 16.7. The van der Waals surface area contributed by atoms with Crippen molar-refractivity contribution in [3.63, 3.8) is 0 Å². The maximum atomic E-state index is 12.5. The SMILES string of the molecule is CCCOC(=O)OC(C)CC(c1ccc(OC(=O)OCC(C)(C)C)c(OC(=O)OCC(C)(C)C)c1)[C@H](N)C(=O)O. The Bertz CT molecular complexity index is 1010. The number of nitrogens with two attached hydrogens (primary N) is 1. The van der Waals surface area contributed by atoms with Gasteiger partial charge in [-0.25, -0.2) is 14.4 Å². The van der Waals surface area contributed by atoms with Crippen LogP contribution in [0.15, 0.2) is 18.2 Å². The summed E-state index contributed by atoms with van der Waals surface area (Å²) in [7, 11) is 0. The average molecular weight is 570 g/mol. The largest absolute Gasteiger partial charge is 0.513 e. The minimum absolute atomic E-state index is 0.00354. The Labute approximate surface area is 235 Å². The Morgan fingerprint density at radius 3 is 1.85 bits per heavy atom. The molecule has 0 aromatic heterocycles. The number of ether oxygens (including phenoxy) is 6. The summed E-state index contributed by atoms with van der Waals surface area (Å²) in [5.41, 5.74) is 5.65. The van der Waals surface area contributed by atoms with Gasteiger partial charge in [0, 0.05) is 5.92 Å². The molecule has 0 bridgehead atoms. The second kappa shape index (κ2) is 15.3. The molecule has 3 atom stereocenters. The summed E-state index contributed by atoms with van der Waals surface area (Å²) in [5.74, 6) is -2.58. The summed E-state index contributed by atoms with van der Waals surface area (Å²) >= 11 is 0. The second-order valence-electron chi connectivity index (χ2n) is 11.8. The molecule has 0 aliphatic rings. The van der Waals surface area contributed by atoms with E-state index in [1.807, 2.05) is 48.5 Å². The van der Waals surface area contributed by atoms with Crippen LogP contribution in [0.3, 0.4) is 0 Å². The Hall–Kier alpha value is -3.54. The first-order valence-corrected chi connectivity index (χ1v) is 13.1. The van der Waals surface area contributed by atoms with E-state index in [0.717, 1.165) is 0 Å². The summed E-state index contributed by atoms with van der Waals surface area (Å²) in [6.45, 7) is 14.9. The van der Waals surface area contributed by atoms with Crippen LogP contribution in [0, 0.1) is 10.8 Å². The fourth-order valence-electron chi connectivity index (χ4n) is 3.16. The monoisotopic (exact) mass is 569 g/mol. The normalized spacial score (nSPS) is 13.8. The van der Waals surface area contributed by atoms with E-state index < -0.39 is 42.5 Å². The average Bonchev–Trinajstić information content (AvgIpc) is 2.83. The van der Waals surface area contributed by atoms with Crippen molar-refractivity contribution in [2.24, 2.45) is 16.6 Å². The van der Waals surface area contributed by atoms with Crippen molar-refractivity contribution in [2.45, 2.75) is 86.3 Å². The molecule has 0 heterocycles. The number of carboxylic acids is 1. The lowest BCUT2D eigenvalue weighted by molar-refractivity contribution is -0.139. The van der Waals surface area contributed by atoms with Crippen LogP contribution >= 0.6 is 0 Å². The molecule has 0 saturated carbocycles. The highest BCUT2D eigenvalue weighted by Gasteiger charge is 2.31. The molecule has 1 aromatic carbocycles. The Kier molecular flexibility index (Phi) is 13.2. The number of benzene rings is 1. The molecule has 0 saturated heterocycles. The molecule has 3 N–H and O–H groups in total. The zero-order valence-corrected chi connectivity index (χ0v) is 24.6. The number of aliphatic carboxylic acids is 1. The molecule has 226 valence electrons. The van der Waals surface area contributed by atoms with E-state index >= 15 is 0 Å². The van der Waals surface area contributed by atoms with Gasteiger partial charge in [-0.1, -0.05) is 54.5 Å². The Balaban J connectivity index is 3.31. The molecule has 12 heteroatoms. The molecule has 2 unspecified atom stereocenters. The van der Waals surface area contributed by atoms with Gasteiger partial charge < -0.3 is 39.3 Å². The van der Waals surface area contributed by atoms with E-state index in [1.165, 1.54) is 18.2 Å². The lowest BCUT2D eigenvalue weighted by atomic mass is 9.87. The molecular formula is C28H43NO11. The first-order valence-electron chi connectivity index (χ1n) is 13.1. The van der Waals surface area contributed by atoms with Crippen molar-refractivity contribution >= 4 is 24.4 Å². The molecule has 0 fully saturated rings. The van der Waals surface area contributed by atoms with Gasteiger partial charge in [-0.15, -0.1) is 0 Å². The van der Waals surface area contributed by atoms with Crippen LogP contribution in [-0.4, -0.2) is 61.5 Å². The molecular weight excluding hydrogens is 526 g/mol. The quantitative estimate of drug-likeness (QED) is 0.180. The van der Waals surface area contributed by atoms with Gasteiger partial charge in [0.15, 0.2) is 11.5 Å². The predicted octanol–water partition coefficient (Wildman–Crippen LogP) is 5.65. The maximum Gasteiger partial charge on any atom is 0.513 e. The zero-order valence-electron chi connectivity index (χ0n) is 24.6. The van der Waals surface area contributed by atoms with Gasteiger partial charge >= 0.3 is 24.4 Å². The van der Waals surface area contributed by atoms with Crippen molar-refractivity contribution in [1.29, 1.82) is 0 Å². The number of carboxylic acid groups (broad SMARTS) is 1. The van der Waals surface area contributed by atoms with Crippen molar-refractivity contribution in [1.82, 2.24) is 0 Å². The van der Waals surface area contributed by atoms with Crippen LogP contribution in [0.4, 0.5) is 14.4 Å².